The van der Waals surface area contributed by atoms with E-state index in [0.29, 0.717) is 22.7 Å². The van der Waals surface area contributed by atoms with Gasteiger partial charge >= 0.3 is 0 Å². The van der Waals surface area contributed by atoms with Gasteiger partial charge in [-0.1, -0.05) is 11.6 Å². The summed E-state index contributed by atoms with van der Waals surface area (Å²) in [6, 6.07) is 9.74. The summed E-state index contributed by atoms with van der Waals surface area (Å²) >= 11 is 5.68. The minimum atomic E-state index is -0.513. The Labute approximate surface area is 107 Å². The first-order valence-electron chi connectivity index (χ1n) is 5.25. The average molecular weight is 263 g/mol. The molecule has 0 radical (unpaired) electrons. The van der Waals surface area contributed by atoms with Gasteiger partial charge in [-0.25, -0.2) is 9.37 Å². The molecule has 0 aliphatic rings. The highest BCUT2D eigenvalue weighted by Gasteiger charge is 2.11. The zero-order valence-corrected chi connectivity index (χ0v) is 9.91. The summed E-state index contributed by atoms with van der Waals surface area (Å²) < 4.78 is 18.8. The maximum atomic E-state index is 13.3. The monoisotopic (exact) mass is 262 g/mol. The van der Waals surface area contributed by atoms with Crippen LogP contribution >= 0.6 is 11.6 Å². The highest BCUT2D eigenvalue weighted by Crippen LogP contribution is 2.28. The molecule has 2 N–H and O–H groups in total. The number of rotatable bonds is 1. The Morgan fingerprint density at radius 2 is 1.89 bits per heavy atom. The molecule has 0 saturated heterocycles. The number of hydrogen-bond acceptors (Lipinski definition) is 3. The molecule has 3 nitrogen and oxygen atoms in total. The van der Waals surface area contributed by atoms with E-state index in [1.165, 1.54) is 12.1 Å². The molecule has 90 valence electrons. The number of benzene rings is 2. The first-order valence-corrected chi connectivity index (χ1v) is 5.63. The molecule has 5 heteroatoms. The fourth-order valence-electron chi connectivity index (χ4n) is 1.67. The van der Waals surface area contributed by atoms with Crippen LogP contribution in [0.25, 0.3) is 22.6 Å². The van der Waals surface area contributed by atoms with Gasteiger partial charge in [0, 0.05) is 23.4 Å². The van der Waals surface area contributed by atoms with E-state index in [-0.39, 0.29) is 5.02 Å². The van der Waals surface area contributed by atoms with Crippen molar-refractivity contribution in [3.63, 3.8) is 0 Å². The summed E-state index contributed by atoms with van der Waals surface area (Å²) in [5.41, 5.74) is 7.92. The van der Waals surface area contributed by atoms with Crippen LogP contribution < -0.4 is 5.73 Å². The maximum absolute atomic E-state index is 13.3. The number of aromatic nitrogens is 1. The number of anilines is 1. The third kappa shape index (κ3) is 1.80. The van der Waals surface area contributed by atoms with E-state index >= 15 is 0 Å². The van der Waals surface area contributed by atoms with E-state index in [0.717, 1.165) is 5.56 Å². The molecule has 0 amide bonds. The molecule has 1 heterocycles. The molecule has 1 aromatic heterocycles. The van der Waals surface area contributed by atoms with Crippen molar-refractivity contribution in [1.82, 2.24) is 4.98 Å². The molecule has 3 aromatic rings. The van der Waals surface area contributed by atoms with Gasteiger partial charge in [0.25, 0.3) is 0 Å². The Bertz CT molecular complexity index is 683. The van der Waals surface area contributed by atoms with Crippen molar-refractivity contribution in [3.05, 3.63) is 47.2 Å². The summed E-state index contributed by atoms with van der Waals surface area (Å²) in [6.07, 6.45) is 0. The smallest absolute Gasteiger partial charge is 0.227 e. The zero-order valence-electron chi connectivity index (χ0n) is 9.15. The Morgan fingerprint density at radius 3 is 2.61 bits per heavy atom. The van der Waals surface area contributed by atoms with Gasteiger partial charge in [0.2, 0.25) is 5.89 Å². The third-order valence-corrected chi connectivity index (χ3v) is 2.88. The van der Waals surface area contributed by atoms with Gasteiger partial charge in [-0.05, 0) is 24.3 Å². The lowest BCUT2D eigenvalue weighted by atomic mass is 10.2. The highest BCUT2D eigenvalue weighted by molar-refractivity contribution is 6.31. The molecule has 0 aliphatic carbocycles. The van der Waals surface area contributed by atoms with Crippen LogP contribution in [0.1, 0.15) is 0 Å². The van der Waals surface area contributed by atoms with Crippen molar-refractivity contribution in [1.29, 1.82) is 0 Å². The predicted molar refractivity (Wildman–Crippen MR) is 68.8 cm³/mol. The van der Waals surface area contributed by atoms with Gasteiger partial charge < -0.3 is 10.2 Å². The van der Waals surface area contributed by atoms with Crippen LogP contribution in [0.5, 0.6) is 0 Å². The molecular formula is C13H8ClFN2O. The molecule has 0 bridgehead atoms. The number of oxazole rings is 1. The van der Waals surface area contributed by atoms with Gasteiger partial charge in [-0.3, -0.25) is 0 Å². The van der Waals surface area contributed by atoms with Gasteiger partial charge in [0.05, 0.1) is 5.02 Å². The quantitative estimate of drug-likeness (QED) is 0.677. The maximum Gasteiger partial charge on any atom is 0.227 e. The van der Waals surface area contributed by atoms with Gasteiger partial charge in [0.15, 0.2) is 5.58 Å². The van der Waals surface area contributed by atoms with Crippen LogP contribution in [0.4, 0.5) is 10.1 Å². The van der Waals surface area contributed by atoms with Crippen LogP contribution in [0, 0.1) is 5.82 Å². The van der Waals surface area contributed by atoms with Crippen LogP contribution in [-0.2, 0) is 0 Å². The second-order valence-corrected chi connectivity index (χ2v) is 4.28. The number of fused-ring (bicyclic) bond motifs is 1. The zero-order chi connectivity index (χ0) is 12.7. The fourth-order valence-corrected chi connectivity index (χ4v) is 1.83. The normalized spacial score (nSPS) is 11.0. The number of halogens is 2. The lowest BCUT2D eigenvalue weighted by Crippen LogP contribution is -1.83. The lowest BCUT2D eigenvalue weighted by Gasteiger charge is -1.95. The number of hydrogen-bond donors (Lipinski definition) is 1. The van der Waals surface area contributed by atoms with Crippen LogP contribution in [0.3, 0.4) is 0 Å². The predicted octanol–water partition coefficient (Wildman–Crippen LogP) is 3.87. The molecule has 0 atom stereocenters. The number of nitrogen functional groups attached to an aromatic ring is 1. The Kier molecular flexibility index (Phi) is 2.45. The minimum Gasteiger partial charge on any atom is -0.436 e. The first-order chi connectivity index (χ1) is 8.63. The van der Waals surface area contributed by atoms with Crippen molar-refractivity contribution < 1.29 is 8.81 Å². The molecular weight excluding hydrogens is 255 g/mol. The van der Waals surface area contributed by atoms with Crippen molar-refractivity contribution in [2.24, 2.45) is 0 Å². The van der Waals surface area contributed by atoms with E-state index in [9.17, 15) is 4.39 Å². The summed E-state index contributed by atoms with van der Waals surface area (Å²) in [5.74, 6) is -0.104. The standard InChI is InChI=1S/C13H8ClFN2O/c14-9-5-12-11(6-10(9)15)17-13(18-12)7-1-3-8(16)4-2-7/h1-6H,16H2. The van der Waals surface area contributed by atoms with E-state index in [1.807, 2.05) is 0 Å². The van der Waals surface area contributed by atoms with E-state index in [2.05, 4.69) is 4.98 Å². The Balaban J connectivity index is 2.16. The van der Waals surface area contributed by atoms with Crippen molar-refractivity contribution in [3.8, 4) is 11.5 Å². The SMILES string of the molecule is Nc1ccc(-c2nc3cc(F)c(Cl)cc3o2)cc1. The van der Waals surface area contributed by atoms with Crippen molar-refractivity contribution in [2.75, 3.05) is 5.73 Å². The summed E-state index contributed by atoms with van der Waals surface area (Å²) in [6.45, 7) is 0. The van der Waals surface area contributed by atoms with E-state index < -0.39 is 5.82 Å². The molecule has 3 rings (SSSR count). The molecule has 0 fully saturated rings. The summed E-state index contributed by atoms with van der Waals surface area (Å²) in [5, 5.41) is 0.0162. The second-order valence-electron chi connectivity index (χ2n) is 3.88. The minimum absolute atomic E-state index is 0.0162. The first kappa shape index (κ1) is 11.0. The van der Waals surface area contributed by atoms with Gasteiger partial charge in [0.1, 0.15) is 11.3 Å². The molecule has 0 spiro atoms. The van der Waals surface area contributed by atoms with Gasteiger partial charge in [-0.2, -0.15) is 0 Å². The van der Waals surface area contributed by atoms with Crippen molar-refractivity contribution in [2.45, 2.75) is 0 Å². The van der Waals surface area contributed by atoms with E-state index in [4.69, 9.17) is 21.8 Å². The highest BCUT2D eigenvalue weighted by atomic mass is 35.5. The summed E-state index contributed by atoms with van der Waals surface area (Å²) in [4.78, 5) is 4.21. The lowest BCUT2D eigenvalue weighted by molar-refractivity contribution is 0.614. The fraction of sp³-hybridized carbons (Fsp3) is 0. The number of nitrogens with two attached hydrogens (primary N) is 1. The summed E-state index contributed by atoms with van der Waals surface area (Å²) in [7, 11) is 0. The number of nitrogens with zero attached hydrogens (tertiary/aromatic N) is 1. The Hall–Kier alpha value is -2.07. The molecule has 0 aliphatic heterocycles. The Morgan fingerprint density at radius 1 is 1.17 bits per heavy atom. The van der Waals surface area contributed by atoms with Crippen LogP contribution in [-0.4, -0.2) is 4.98 Å². The second kappa shape index (κ2) is 3.99. The third-order valence-electron chi connectivity index (χ3n) is 2.59. The van der Waals surface area contributed by atoms with Crippen molar-refractivity contribution >= 4 is 28.4 Å². The molecule has 2 aromatic carbocycles. The van der Waals surface area contributed by atoms with E-state index in [1.54, 1.807) is 24.3 Å². The largest absolute Gasteiger partial charge is 0.436 e. The average Bonchev–Trinajstić information content (AvgIpc) is 2.73. The van der Waals surface area contributed by atoms with Crippen LogP contribution in [0.2, 0.25) is 5.02 Å². The van der Waals surface area contributed by atoms with Gasteiger partial charge in [-0.15, -0.1) is 0 Å². The topological polar surface area (TPSA) is 52.0 Å². The van der Waals surface area contributed by atoms with Crippen LogP contribution in [0.15, 0.2) is 40.8 Å². The molecule has 0 unspecified atom stereocenters. The molecule has 0 saturated carbocycles. The molecule has 18 heavy (non-hydrogen) atoms.